The van der Waals surface area contributed by atoms with Gasteiger partial charge in [0.05, 0.1) is 7.11 Å². The minimum atomic E-state index is 0.399. The second-order valence-electron chi connectivity index (χ2n) is 2.51. The van der Waals surface area contributed by atoms with Crippen molar-refractivity contribution in [2.24, 2.45) is 0 Å². The standard InChI is InChI=1S/C9H12BrNO/c1-3-8(10)7-4-5-9(12-2)11-6-7/h4-6,8H,3H2,1-2H3. The Morgan fingerprint density at radius 3 is 2.75 bits per heavy atom. The number of rotatable bonds is 3. The van der Waals surface area contributed by atoms with Gasteiger partial charge in [-0.2, -0.15) is 0 Å². The van der Waals surface area contributed by atoms with Crippen molar-refractivity contribution >= 4 is 15.9 Å². The zero-order chi connectivity index (χ0) is 8.97. The van der Waals surface area contributed by atoms with E-state index in [0.29, 0.717) is 10.7 Å². The van der Waals surface area contributed by atoms with Crippen LogP contribution in [0, 0.1) is 0 Å². The van der Waals surface area contributed by atoms with Crippen molar-refractivity contribution in [3.8, 4) is 5.88 Å². The van der Waals surface area contributed by atoms with Gasteiger partial charge >= 0.3 is 0 Å². The highest BCUT2D eigenvalue weighted by atomic mass is 79.9. The summed E-state index contributed by atoms with van der Waals surface area (Å²) in [6.45, 7) is 2.13. The maximum Gasteiger partial charge on any atom is 0.212 e. The van der Waals surface area contributed by atoms with E-state index in [-0.39, 0.29) is 0 Å². The third-order valence-electron chi connectivity index (χ3n) is 1.69. The number of hydrogen-bond donors (Lipinski definition) is 0. The quantitative estimate of drug-likeness (QED) is 0.744. The minimum Gasteiger partial charge on any atom is -0.481 e. The lowest BCUT2D eigenvalue weighted by Crippen LogP contribution is -1.91. The topological polar surface area (TPSA) is 22.1 Å². The predicted octanol–water partition coefficient (Wildman–Crippen LogP) is 2.94. The van der Waals surface area contributed by atoms with Crippen molar-refractivity contribution in [1.82, 2.24) is 4.98 Å². The SMILES string of the molecule is CCC(Br)c1ccc(OC)nc1. The average molecular weight is 230 g/mol. The van der Waals surface area contributed by atoms with E-state index in [2.05, 4.69) is 27.8 Å². The van der Waals surface area contributed by atoms with Gasteiger partial charge in [0.2, 0.25) is 5.88 Å². The monoisotopic (exact) mass is 229 g/mol. The number of aromatic nitrogens is 1. The summed E-state index contributed by atoms with van der Waals surface area (Å²) in [5.41, 5.74) is 1.19. The first-order valence-corrected chi connectivity index (χ1v) is 4.83. The van der Waals surface area contributed by atoms with Crippen molar-refractivity contribution in [3.63, 3.8) is 0 Å². The number of halogens is 1. The Balaban J connectivity index is 2.77. The minimum absolute atomic E-state index is 0.399. The molecule has 0 amide bonds. The first kappa shape index (κ1) is 9.52. The van der Waals surface area contributed by atoms with Gasteiger partial charge in [-0.05, 0) is 12.0 Å². The second-order valence-corrected chi connectivity index (χ2v) is 3.61. The molecule has 1 heterocycles. The number of hydrogen-bond acceptors (Lipinski definition) is 2. The van der Waals surface area contributed by atoms with Crippen molar-refractivity contribution in [2.75, 3.05) is 7.11 Å². The molecule has 2 nitrogen and oxygen atoms in total. The van der Waals surface area contributed by atoms with Crippen molar-refractivity contribution in [2.45, 2.75) is 18.2 Å². The van der Waals surface area contributed by atoms with E-state index >= 15 is 0 Å². The van der Waals surface area contributed by atoms with Gasteiger partial charge in [0, 0.05) is 17.1 Å². The third kappa shape index (κ3) is 2.21. The van der Waals surface area contributed by atoms with Crippen LogP contribution in [0.15, 0.2) is 18.3 Å². The highest BCUT2D eigenvalue weighted by molar-refractivity contribution is 9.09. The van der Waals surface area contributed by atoms with Crippen LogP contribution < -0.4 is 4.74 Å². The van der Waals surface area contributed by atoms with Crippen molar-refractivity contribution in [3.05, 3.63) is 23.9 Å². The van der Waals surface area contributed by atoms with Gasteiger partial charge in [0.1, 0.15) is 0 Å². The van der Waals surface area contributed by atoms with Crippen LogP contribution >= 0.6 is 15.9 Å². The van der Waals surface area contributed by atoms with Crippen LogP contribution in [0.4, 0.5) is 0 Å². The molecule has 0 aliphatic carbocycles. The van der Waals surface area contributed by atoms with Crippen LogP contribution in [0.25, 0.3) is 0 Å². The van der Waals surface area contributed by atoms with E-state index in [0.717, 1.165) is 6.42 Å². The van der Waals surface area contributed by atoms with Crippen LogP contribution in [0.1, 0.15) is 23.7 Å². The number of methoxy groups -OCH3 is 1. The van der Waals surface area contributed by atoms with Crippen LogP contribution in [-0.2, 0) is 0 Å². The first-order valence-electron chi connectivity index (χ1n) is 3.92. The maximum absolute atomic E-state index is 4.96. The molecule has 12 heavy (non-hydrogen) atoms. The fraction of sp³-hybridized carbons (Fsp3) is 0.444. The molecule has 0 aliphatic rings. The Bertz CT molecular complexity index is 235. The molecule has 1 unspecified atom stereocenters. The molecule has 0 N–H and O–H groups in total. The van der Waals surface area contributed by atoms with Crippen LogP contribution in [0.5, 0.6) is 5.88 Å². The summed E-state index contributed by atoms with van der Waals surface area (Å²) in [6, 6.07) is 3.90. The maximum atomic E-state index is 4.96. The fourth-order valence-electron chi connectivity index (χ4n) is 0.933. The number of nitrogens with zero attached hydrogens (tertiary/aromatic N) is 1. The predicted molar refractivity (Wildman–Crippen MR) is 52.7 cm³/mol. The van der Waals surface area contributed by atoms with Gasteiger partial charge in [-0.3, -0.25) is 0 Å². The van der Waals surface area contributed by atoms with E-state index in [9.17, 15) is 0 Å². The van der Waals surface area contributed by atoms with Gasteiger partial charge < -0.3 is 4.74 Å². The largest absolute Gasteiger partial charge is 0.481 e. The van der Waals surface area contributed by atoms with Crippen LogP contribution in [-0.4, -0.2) is 12.1 Å². The van der Waals surface area contributed by atoms with E-state index in [4.69, 9.17) is 4.74 Å². The van der Waals surface area contributed by atoms with E-state index < -0.39 is 0 Å². The smallest absolute Gasteiger partial charge is 0.212 e. The summed E-state index contributed by atoms with van der Waals surface area (Å²) in [6.07, 6.45) is 2.90. The Labute approximate surface area is 81.1 Å². The molecule has 0 aliphatic heterocycles. The molecule has 0 fully saturated rings. The molecule has 0 bridgehead atoms. The van der Waals surface area contributed by atoms with E-state index in [1.165, 1.54) is 5.56 Å². The highest BCUT2D eigenvalue weighted by Gasteiger charge is 2.04. The van der Waals surface area contributed by atoms with Crippen LogP contribution in [0.3, 0.4) is 0 Å². The summed E-state index contributed by atoms with van der Waals surface area (Å²) >= 11 is 3.55. The van der Waals surface area contributed by atoms with Gasteiger partial charge in [0.25, 0.3) is 0 Å². The summed E-state index contributed by atoms with van der Waals surface area (Å²) in [5.74, 6) is 0.662. The molecule has 0 saturated heterocycles. The molecule has 1 rings (SSSR count). The zero-order valence-corrected chi connectivity index (χ0v) is 8.84. The molecular formula is C9H12BrNO. The fourth-order valence-corrected chi connectivity index (χ4v) is 1.20. The van der Waals surface area contributed by atoms with Gasteiger partial charge in [-0.25, -0.2) is 4.98 Å². The summed E-state index contributed by atoms with van der Waals surface area (Å²) < 4.78 is 4.96. The molecule has 1 aromatic rings. The molecule has 1 atom stereocenters. The normalized spacial score (nSPS) is 12.6. The molecule has 0 radical (unpaired) electrons. The third-order valence-corrected chi connectivity index (χ3v) is 2.86. The first-order chi connectivity index (χ1) is 5.77. The Hall–Kier alpha value is -0.570. The lowest BCUT2D eigenvalue weighted by atomic mass is 10.2. The van der Waals surface area contributed by atoms with Gasteiger partial charge in [0.15, 0.2) is 0 Å². The summed E-state index contributed by atoms with van der Waals surface area (Å²) in [5, 5.41) is 0. The Morgan fingerprint density at radius 2 is 2.33 bits per heavy atom. The van der Waals surface area contributed by atoms with Crippen molar-refractivity contribution in [1.29, 1.82) is 0 Å². The summed E-state index contributed by atoms with van der Waals surface area (Å²) in [4.78, 5) is 4.51. The molecule has 0 saturated carbocycles. The molecule has 1 aromatic heterocycles. The lowest BCUT2D eigenvalue weighted by molar-refractivity contribution is 0.397. The van der Waals surface area contributed by atoms with Gasteiger partial charge in [-0.1, -0.05) is 28.9 Å². The second kappa shape index (κ2) is 4.45. The molecule has 0 spiro atoms. The number of alkyl halides is 1. The Morgan fingerprint density at radius 1 is 1.58 bits per heavy atom. The van der Waals surface area contributed by atoms with Crippen molar-refractivity contribution < 1.29 is 4.74 Å². The Kier molecular flexibility index (Phi) is 3.53. The number of pyridine rings is 1. The number of ether oxygens (including phenoxy) is 1. The lowest BCUT2D eigenvalue weighted by Gasteiger charge is -2.06. The van der Waals surface area contributed by atoms with E-state index in [1.807, 2.05) is 18.3 Å². The average Bonchev–Trinajstić information content (AvgIpc) is 2.17. The zero-order valence-electron chi connectivity index (χ0n) is 7.25. The van der Waals surface area contributed by atoms with E-state index in [1.54, 1.807) is 7.11 Å². The molecule has 0 aromatic carbocycles. The highest BCUT2D eigenvalue weighted by Crippen LogP contribution is 2.25. The van der Waals surface area contributed by atoms with Crippen LogP contribution in [0.2, 0.25) is 0 Å². The molecule has 66 valence electrons. The molecule has 3 heteroatoms. The van der Waals surface area contributed by atoms with Gasteiger partial charge in [-0.15, -0.1) is 0 Å². The molecular weight excluding hydrogens is 218 g/mol. The summed E-state index contributed by atoms with van der Waals surface area (Å²) in [7, 11) is 1.62.